The second kappa shape index (κ2) is 3.93. The third-order valence-electron chi connectivity index (χ3n) is 1.13. The molecule has 10 heavy (non-hydrogen) atoms. The molecule has 0 aromatic heterocycles. The number of aliphatic hydroxyl groups is 1. The normalized spacial score (nSPS) is 20.0. The average Bonchev–Trinajstić information content (AvgIpc) is 1.81. The average molecular weight is 145 g/mol. The summed E-state index contributed by atoms with van der Waals surface area (Å²) in [6.07, 6.45) is 0.441. The van der Waals surface area contributed by atoms with Crippen molar-refractivity contribution in [3.05, 3.63) is 0 Å². The van der Waals surface area contributed by atoms with Crippen LogP contribution in [-0.4, -0.2) is 31.4 Å². The lowest BCUT2D eigenvalue weighted by molar-refractivity contribution is -0.0684. The monoisotopic (exact) mass is 145 g/mol. The van der Waals surface area contributed by atoms with Gasteiger partial charge in [0.15, 0.2) is 0 Å². The lowest BCUT2D eigenvalue weighted by atomic mass is 9.98. The lowest BCUT2D eigenvalue weighted by Gasteiger charge is -2.17. The molecule has 0 saturated carbocycles. The summed E-state index contributed by atoms with van der Waals surface area (Å²) in [5.41, 5.74) is 0. The predicted octanol–water partition coefficient (Wildman–Crippen LogP) is 0.229. The zero-order valence-electron chi connectivity index (χ0n) is 6.39. The van der Waals surface area contributed by atoms with Gasteiger partial charge < -0.3 is 10.4 Å². The van der Waals surface area contributed by atoms with Gasteiger partial charge in [0, 0.05) is 0 Å². The Labute approximate surface area is 62.2 Å². The van der Waals surface area contributed by atoms with E-state index >= 15 is 0 Å². The zero-order chi connectivity index (χ0) is 8.20. The molecule has 0 aliphatic carbocycles. The fourth-order valence-corrected chi connectivity index (χ4v) is 0.444. The minimum Gasteiger partial charge on any atom is -0.361 e. The third-order valence-corrected chi connectivity index (χ3v) is 1.13. The van der Waals surface area contributed by atoms with E-state index in [9.17, 15) is 4.39 Å². The Kier molecular flexibility index (Phi) is 3.90. The van der Waals surface area contributed by atoms with Gasteiger partial charge in [0.25, 0.3) is 0 Å². The smallest absolute Gasteiger partial charge is 0.216 e. The van der Waals surface area contributed by atoms with E-state index in [1.807, 2.05) is 6.92 Å². The Bertz CT molecular complexity index is 94.2. The van der Waals surface area contributed by atoms with Crippen LogP contribution in [0.4, 0.5) is 4.39 Å². The SMILES string of the molecule is [B]CC(C)NCC(C)(O)F. The summed E-state index contributed by atoms with van der Waals surface area (Å²) in [6, 6.07) is 0.0437. The molecule has 2 N–H and O–H groups in total. The Hall–Kier alpha value is -0.0851. The number of rotatable bonds is 4. The van der Waals surface area contributed by atoms with Gasteiger partial charge in [-0.05, 0) is 13.0 Å². The van der Waals surface area contributed by atoms with Crippen molar-refractivity contribution in [3.8, 4) is 0 Å². The first kappa shape index (κ1) is 9.91. The highest BCUT2D eigenvalue weighted by molar-refractivity contribution is 6.08. The molecule has 58 valence electrons. The number of halogens is 1. The molecular weight excluding hydrogens is 132 g/mol. The molecule has 2 unspecified atom stereocenters. The van der Waals surface area contributed by atoms with Crippen LogP contribution in [0.3, 0.4) is 0 Å². The summed E-state index contributed by atoms with van der Waals surface area (Å²) in [5, 5.41) is 11.3. The summed E-state index contributed by atoms with van der Waals surface area (Å²) >= 11 is 0. The number of hydrogen-bond acceptors (Lipinski definition) is 2. The number of nitrogens with one attached hydrogen (secondary N) is 1. The van der Waals surface area contributed by atoms with Gasteiger partial charge in [-0.15, -0.1) is 0 Å². The van der Waals surface area contributed by atoms with Crippen LogP contribution in [-0.2, 0) is 0 Å². The molecule has 0 fully saturated rings. The van der Waals surface area contributed by atoms with Gasteiger partial charge in [-0.3, -0.25) is 0 Å². The maximum Gasteiger partial charge on any atom is 0.216 e. The first-order valence-corrected chi connectivity index (χ1v) is 3.30. The first-order valence-electron chi connectivity index (χ1n) is 3.30. The zero-order valence-corrected chi connectivity index (χ0v) is 6.39. The quantitative estimate of drug-likeness (QED) is 0.555. The molecule has 0 heterocycles. The second-order valence-electron chi connectivity index (χ2n) is 2.66. The van der Waals surface area contributed by atoms with Crippen LogP contribution in [0, 0.1) is 0 Å². The Morgan fingerprint density at radius 2 is 2.30 bits per heavy atom. The third kappa shape index (κ3) is 6.04. The van der Waals surface area contributed by atoms with E-state index < -0.39 is 5.85 Å². The van der Waals surface area contributed by atoms with Crippen LogP contribution < -0.4 is 5.32 Å². The fraction of sp³-hybridized carbons (Fsp3) is 1.00. The molecule has 0 aromatic carbocycles. The summed E-state index contributed by atoms with van der Waals surface area (Å²) in [4.78, 5) is 0. The number of hydrogen-bond donors (Lipinski definition) is 2. The van der Waals surface area contributed by atoms with Gasteiger partial charge in [-0.1, -0.05) is 13.2 Å². The van der Waals surface area contributed by atoms with Crippen LogP contribution in [0.15, 0.2) is 0 Å². The molecule has 0 saturated heterocycles. The Morgan fingerprint density at radius 3 is 2.60 bits per heavy atom. The molecule has 2 radical (unpaired) electrons. The highest BCUT2D eigenvalue weighted by Gasteiger charge is 2.17. The summed E-state index contributed by atoms with van der Waals surface area (Å²) in [5.74, 6) is -2.14. The highest BCUT2D eigenvalue weighted by atomic mass is 19.2. The molecule has 0 amide bonds. The molecule has 2 atom stereocenters. The number of alkyl halides is 1. The molecule has 0 rings (SSSR count). The fourth-order valence-electron chi connectivity index (χ4n) is 0.444. The molecule has 0 aliphatic rings. The van der Waals surface area contributed by atoms with Crippen molar-refractivity contribution in [1.82, 2.24) is 5.32 Å². The van der Waals surface area contributed by atoms with Crippen molar-refractivity contribution >= 4 is 7.85 Å². The topological polar surface area (TPSA) is 32.3 Å². The summed E-state index contributed by atoms with van der Waals surface area (Å²) < 4.78 is 12.3. The molecule has 0 aromatic rings. The van der Waals surface area contributed by atoms with Crippen LogP contribution in [0.5, 0.6) is 0 Å². The van der Waals surface area contributed by atoms with Crippen LogP contribution in [0.25, 0.3) is 0 Å². The van der Waals surface area contributed by atoms with Gasteiger partial charge in [-0.25, -0.2) is 4.39 Å². The van der Waals surface area contributed by atoms with E-state index in [1.54, 1.807) is 0 Å². The largest absolute Gasteiger partial charge is 0.361 e. The molecule has 2 nitrogen and oxygen atoms in total. The van der Waals surface area contributed by atoms with Crippen LogP contribution in [0.2, 0.25) is 6.32 Å². The van der Waals surface area contributed by atoms with Gasteiger partial charge in [0.05, 0.1) is 14.4 Å². The van der Waals surface area contributed by atoms with E-state index in [0.717, 1.165) is 6.92 Å². The first-order chi connectivity index (χ1) is 4.45. The Morgan fingerprint density at radius 1 is 1.80 bits per heavy atom. The van der Waals surface area contributed by atoms with Gasteiger partial charge in [-0.2, -0.15) is 0 Å². The predicted molar refractivity (Wildman–Crippen MR) is 39.8 cm³/mol. The Balaban J connectivity index is 3.36. The van der Waals surface area contributed by atoms with E-state index in [0.29, 0.717) is 6.32 Å². The molecular formula is C6H13BFNO. The van der Waals surface area contributed by atoms with E-state index in [1.165, 1.54) is 0 Å². The highest BCUT2D eigenvalue weighted by Crippen LogP contribution is 2.02. The molecule has 0 bridgehead atoms. The standard InChI is InChI=1S/C6H13BFNO/c1-5(3-7)9-4-6(2,8)10/h5,9-10H,3-4H2,1-2H3. The van der Waals surface area contributed by atoms with Crippen LogP contribution >= 0.6 is 0 Å². The minimum atomic E-state index is -2.14. The molecule has 0 aliphatic heterocycles. The maximum absolute atomic E-state index is 12.3. The van der Waals surface area contributed by atoms with Crippen molar-refractivity contribution in [2.45, 2.75) is 32.1 Å². The van der Waals surface area contributed by atoms with Crippen molar-refractivity contribution in [2.24, 2.45) is 0 Å². The van der Waals surface area contributed by atoms with Crippen molar-refractivity contribution < 1.29 is 9.50 Å². The van der Waals surface area contributed by atoms with E-state index in [4.69, 9.17) is 13.0 Å². The van der Waals surface area contributed by atoms with Crippen molar-refractivity contribution in [1.29, 1.82) is 0 Å². The molecule has 4 heteroatoms. The summed E-state index contributed by atoms with van der Waals surface area (Å²) in [7, 11) is 5.23. The van der Waals surface area contributed by atoms with Crippen LogP contribution in [0.1, 0.15) is 13.8 Å². The van der Waals surface area contributed by atoms with E-state index in [-0.39, 0.29) is 12.6 Å². The maximum atomic E-state index is 12.3. The second-order valence-corrected chi connectivity index (χ2v) is 2.66. The van der Waals surface area contributed by atoms with Crippen molar-refractivity contribution in [3.63, 3.8) is 0 Å². The minimum absolute atomic E-state index is 0.0437. The molecule has 0 spiro atoms. The van der Waals surface area contributed by atoms with Gasteiger partial charge in [0.2, 0.25) is 5.85 Å². The van der Waals surface area contributed by atoms with Gasteiger partial charge in [0.1, 0.15) is 0 Å². The lowest BCUT2D eigenvalue weighted by Crippen LogP contribution is -2.38. The van der Waals surface area contributed by atoms with Gasteiger partial charge >= 0.3 is 0 Å². The van der Waals surface area contributed by atoms with Crippen molar-refractivity contribution in [2.75, 3.05) is 6.54 Å². The summed E-state index contributed by atoms with van der Waals surface area (Å²) in [6.45, 7) is 2.85. The van der Waals surface area contributed by atoms with E-state index in [2.05, 4.69) is 5.32 Å².